The predicted molar refractivity (Wildman–Crippen MR) is 65.0 cm³/mol. The Kier molecular flexibility index (Phi) is 39.0. The summed E-state index contributed by atoms with van der Waals surface area (Å²) in [4.78, 5) is 0. The number of rotatable bonds is 1. The zero-order chi connectivity index (χ0) is 12.0. The fourth-order valence-electron chi connectivity index (χ4n) is 0.774. The Bertz CT molecular complexity index is 156. The molecule has 0 amide bonds. The quantitative estimate of drug-likeness (QED) is 0.459. The average molecular weight is 398 g/mol. The van der Waals surface area contributed by atoms with Gasteiger partial charge in [-0.25, -0.2) is 12.1 Å². The molecule has 1 aromatic rings. The molecule has 0 aliphatic carbocycles. The maximum absolute atomic E-state index is 7.00. The smallest absolute Gasteiger partial charge is 0.0319 e. The first-order valence-electron chi connectivity index (χ1n) is 4.36. The standard InChI is InChI=1S/C7H11Si.3CH4O.Hf/c1-8(2)7-5-3-4-6-7;3*1-2;/h3-6,8H,1-2H3;3*2H,1H3;/q-1;;;;. The Morgan fingerprint density at radius 2 is 1.07 bits per heavy atom. The number of hydrogen-bond acceptors (Lipinski definition) is 3. The van der Waals surface area contributed by atoms with E-state index in [1.807, 2.05) is 0 Å². The molecule has 90 valence electrons. The fraction of sp³-hybridized carbons (Fsp3) is 0.500. The third kappa shape index (κ3) is 17.0. The Hall–Kier alpha value is 0.317. The summed E-state index contributed by atoms with van der Waals surface area (Å²) < 4.78 is 0. The summed E-state index contributed by atoms with van der Waals surface area (Å²) in [6.45, 7) is 4.69. The average Bonchev–Trinajstić information content (AvgIpc) is 2.80. The molecule has 0 atom stereocenters. The molecular weight excluding hydrogens is 375 g/mol. The van der Waals surface area contributed by atoms with Crippen molar-refractivity contribution in [2.45, 2.75) is 13.1 Å². The maximum atomic E-state index is 7.00. The predicted octanol–water partition coefficient (Wildman–Crippen LogP) is -0.0778. The first-order chi connectivity index (χ1) is 6.80. The van der Waals surface area contributed by atoms with E-state index < -0.39 is 8.80 Å². The van der Waals surface area contributed by atoms with Crippen LogP contribution in [0.5, 0.6) is 0 Å². The van der Waals surface area contributed by atoms with Crippen LogP contribution in [0.4, 0.5) is 0 Å². The Balaban J connectivity index is -0.0000000755. The molecule has 0 spiro atoms. The Morgan fingerprint density at radius 3 is 1.20 bits per heavy atom. The second kappa shape index (κ2) is 23.9. The van der Waals surface area contributed by atoms with E-state index in [9.17, 15) is 0 Å². The molecule has 0 bridgehead atoms. The number of aliphatic hydroxyl groups is 3. The first-order valence-corrected chi connectivity index (χ1v) is 7.25. The van der Waals surface area contributed by atoms with Gasteiger partial charge in [-0.3, -0.25) is 0 Å². The molecule has 0 aromatic heterocycles. The van der Waals surface area contributed by atoms with E-state index in [1.165, 1.54) is 0 Å². The van der Waals surface area contributed by atoms with Gasteiger partial charge in [0.15, 0.2) is 0 Å². The molecule has 3 nitrogen and oxygen atoms in total. The molecular formula is C10H23HfO3Si-. The van der Waals surface area contributed by atoms with Gasteiger partial charge >= 0.3 is 0 Å². The third-order valence-corrected chi connectivity index (χ3v) is 3.07. The topological polar surface area (TPSA) is 60.7 Å². The fourth-order valence-corrected chi connectivity index (χ4v) is 1.77. The van der Waals surface area contributed by atoms with Gasteiger partial charge in [0.1, 0.15) is 0 Å². The van der Waals surface area contributed by atoms with Crippen molar-refractivity contribution in [1.82, 2.24) is 0 Å². The summed E-state index contributed by atoms with van der Waals surface area (Å²) >= 11 is 0. The maximum Gasteiger partial charge on any atom is 0.0319 e. The van der Waals surface area contributed by atoms with Gasteiger partial charge in [0.25, 0.3) is 0 Å². The van der Waals surface area contributed by atoms with Crippen molar-refractivity contribution >= 4 is 14.0 Å². The van der Waals surface area contributed by atoms with E-state index in [2.05, 4.69) is 37.4 Å². The summed E-state index contributed by atoms with van der Waals surface area (Å²) in [7, 11) is 2.52. The number of aliphatic hydroxyl groups excluding tert-OH is 3. The van der Waals surface area contributed by atoms with Gasteiger partial charge in [-0.1, -0.05) is 13.1 Å². The molecule has 0 unspecified atom stereocenters. The third-order valence-electron chi connectivity index (χ3n) is 1.36. The summed E-state index contributed by atoms with van der Waals surface area (Å²) in [5.41, 5.74) is 0. The minimum absolute atomic E-state index is 0. The van der Waals surface area contributed by atoms with Crippen molar-refractivity contribution in [3.05, 3.63) is 24.3 Å². The summed E-state index contributed by atoms with van der Waals surface area (Å²) in [6.07, 6.45) is 0. The van der Waals surface area contributed by atoms with Crippen molar-refractivity contribution in [1.29, 1.82) is 0 Å². The van der Waals surface area contributed by atoms with Gasteiger partial charge in [-0.15, -0.1) is 0 Å². The second-order valence-electron chi connectivity index (χ2n) is 2.37. The summed E-state index contributed by atoms with van der Waals surface area (Å²) in [6, 6.07) is 8.67. The molecule has 1 aromatic carbocycles. The SMILES string of the molecule is CO.CO.CO.C[SiH](C)[c-]1cccc1.[Hf]. The molecule has 0 saturated heterocycles. The van der Waals surface area contributed by atoms with Gasteiger partial charge in [0.05, 0.1) is 0 Å². The van der Waals surface area contributed by atoms with Gasteiger partial charge in [-0.05, 0) is 0 Å². The van der Waals surface area contributed by atoms with E-state index in [4.69, 9.17) is 15.3 Å². The molecule has 15 heavy (non-hydrogen) atoms. The van der Waals surface area contributed by atoms with E-state index in [0.29, 0.717) is 0 Å². The van der Waals surface area contributed by atoms with E-state index in [-0.39, 0.29) is 25.8 Å². The largest absolute Gasteiger partial charge is 0.400 e. The van der Waals surface area contributed by atoms with Gasteiger partial charge in [0, 0.05) is 56.0 Å². The summed E-state index contributed by atoms with van der Waals surface area (Å²) in [5, 5.41) is 22.6. The van der Waals surface area contributed by atoms with Crippen LogP contribution in [-0.4, -0.2) is 45.4 Å². The minimum Gasteiger partial charge on any atom is -0.400 e. The molecule has 0 fully saturated rings. The van der Waals surface area contributed by atoms with E-state index in [0.717, 1.165) is 21.3 Å². The second-order valence-corrected chi connectivity index (χ2v) is 5.35. The van der Waals surface area contributed by atoms with Crippen LogP contribution in [0.3, 0.4) is 0 Å². The van der Waals surface area contributed by atoms with E-state index in [1.54, 1.807) is 5.19 Å². The normalized spacial score (nSPS) is 6.73. The molecule has 5 heteroatoms. The van der Waals surface area contributed by atoms with E-state index >= 15 is 0 Å². The molecule has 1 rings (SSSR count). The number of hydrogen-bond donors (Lipinski definition) is 3. The summed E-state index contributed by atoms with van der Waals surface area (Å²) in [5.74, 6) is 0. The van der Waals surface area contributed by atoms with Crippen LogP contribution in [0, 0.1) is 0 Å². The van der Waals surface area contributed by atoms with Crippen molar-refractivity contribution in [2.24, 2.45) is 0 Å². The molecule has 0 radical (unpaired) electrons. The van der Waals surface area contributed by atoms with Crippen LogP contribution >= 0.6 is 0 Å². The van der Waals surface area contributed by atoms with Crippen LogP contribution in [0.25, 0.3) is 0 Å². The minimum atomic E-state index is -0.480. The van der Waals surface area contributed by atoms with Gasteiger partial charge in [-0.2, -0.15) is 17.3 Å². The van der Waals surface area contributed by atoms with Gasteiger partial charge in [0.2, 0.25) is 0 Å². The van der Waals surface area contributed by atoms with Crippen molar-refractivity contribution in [3.63, 3.8) is 0 Å². The molecule has 0 heterocycles. The van der Waals surface area contributed by atoms with Crippen LogP contribution in [0.1, 0.15) is 0 Å². The van der Waals surface area contributed by atoms with Crippen molar-refractivity contribution in [2.75, 3.05) is 21.3 Å². The van der Waals surface area contributed by atoms with Crippen molar-refractivity contribution < 1.29 is 41.2 Å². The zero-order valence-electron chi connectivity index (χ0n) is 10.2. The van der Waals surface area contributed by atoms with Crippen LogP contribution < -0.4 is 5.19 Å². The molecule has 0 aliphatic heterocycles. The Labute approximate surface area is 114 Å². The van der Waals surface area contributed by atoms with Gasteiger partial charge < -0.3 is 15.3 Å². The Morgan fingerprint density at radius 1 is 0.800 bits per heavy atom. The molecule has 0 aliphatic rings. The van der Waals surface area contributed by atoms with Crippen LogP contribution in [-0.2, 0) is 25.8 Å². The molecule has 3 N–H and O–H groups in total. The van der Waals surface area contributed by atoms with Crippen molar-refractivity contribution in [3.8, 4) is 0 Å². The first kappa shape index (κ1) is 24.5. The monoisotopic (exact) mass is 399 g/mol. The molecule has 0 saturated carbocycles. The van der Waals surface area contributed by atoms with Crippen LogP contribution in [0.2, 0.25) is 13.1 Å². The van der Waals surface area contributed by atoms with Crippen LogP contribution in [0.15, 0.2) is 24.3 Å². The zero-order valence-corrected chi connectivity index (χ0v) is 15.0.